The van der Waals surface area contributed by atoms with Crippen molar-refractivity contribution in [2.45, 2.75) is 32.0 Å². The predicted molar refractivity (Wildman–Crippen MR) is 100 cm³/mol. The molecular weight excluding hydrogens is 384 g/mol. The largest absolute Gasteiger partial charge is 0.480 e. The van der Waals surface area contributed by atoms with E-state index in [9.17, 15) is 19.5 Å². The number of aliphatic hydroxyl groups excluding tert-OH is 1. The van der Waals surface area contributed by atoms with Crippen LogP contribution in [-0.2, 0) is 22.6 Å². The molecule has 2 aromatic rings. The van der Waals surface area contributed by atoms with Crippen molar-refractivity contribution in [3.63, 3.8) is 0 Å². The second kappa shape index (κ2) is 12.0. The molecule has 3 amide bonds. The molecule has 0 bridgehead atoms. The van der Waals surface area contributed by atoms with Gasteiger partial charge >= 0.3 is 12.0 Å². The number of carbonyl (C=O) groups is 3. The van der Waals surface area contributed by atoms with E-state index in [2.05, 4.69) is 26.6 Å². The molecule has 158 valence electrons. The number of primary amides is 1. The predicted octanol–water partition coefficient (Wildman–Crippen LogP) is -0.952. The number of amides is 3. The number of nitrogens with one attached hydrogen (secondary N) is 2. The van der Waals surface area contributed by atoms with Crippen LogP contribution in [0.5, 0.6) is 0 Å². The zero-order valence-electron chi connectivity index (χ0n) is 15.7. The van der Waals surface area contributed by atoms with Crippen molar-refractivity contribution in [2.75, 3.05) is 6.61 Å². The number of urea groups is 1. The van der Waals surface area contributed by atoms with E-state index >= 15 is 0 Å². The lowest BCUT2D eigenvalue weighted by molar-refractivity contribution is -0.139. The Bertz CT molecular complexity index is 793. The molecule has 12 nitrogen and oxygen atoms in total. The van der Waals surface area contributed by atoms with Crippen LogP contribution in [0.2, 0.25) is 0 Å². The van der Waals surface area contributed by atoms with Crippen LogP contribution in [0.15, 0.2) is 34.7 Å². The molecule has 0 saturated heterocycles. The van der Waals surface area contributed by atoms with Crippen LogP contribution in [0.3, 0.4) is 0 Å². The summed E-state index contributed by atoms with van der Waals surface area (Å²) in [6.07, 6.45) is 0.152. The van der Waals surface area contributed by atoms with Crippen molar-refractivity contribution in [3.8, 4) is 0 Å². The van der Waals surface area contributed by atoms with Crippen LogP contribution in [0.4, 0.5) is 4.79 Å². The average Bonchev–Trinajstić information content (AvgIpc) is 3.14. The summed E-state index contributed by atoms with van der Waals surface area (Å²) in [5.41, 5.74) is 10.8. The van der Waals surface area contributed by atoms with Crippen molar-refractivity contribution >= 4 is 17.9 Å². The number of rotatable bonds is 8. The van der Waals surface area contributed by atoms with Gasteiger partial charge in [0.25, 0.3) is 0 Å². The number of carbonyl (C=O) groups excluding carboxylic acids is 2. The SMILES string of the molecule is CC(N)=O.NC(CO)c1nnc(CNC(=O)NC(Cc2ccccc2)C(=O)O)o1. The van der Waals surface area contributed by atoms with Crippen LogP contribution < -0.4 is 22.1 Å². The molecule has 1 heterocycles. The highest BCUT2D eigenvalue weighted by Crippen LogP contribution is 2.07. The molecule has 0 saturated carbocycles. The Hall–Kier alpha value is -3.51. The molecule has 0 aliphatic rings. The average molecular weight is 408 g/mol. The minimum Gasteiger partial charge on any atom is -0.480 e. The molecule has 0 fully saturated rings. The van der Waals surface area contributed by atoms with Gasteiger partial charge in [-0.3, -0.25) is 4.79 Å². The summed E-state index contributed by atoms with van der Waals surface area (Å²) < 4.78 is 5.17. The molecule has 29 heavy (non-hydrogen) atoms. The van der Waals surface area contributed by atoms with Gasteiger partial charge in [0.1, 0.15) is 12.1 Å². The molecule has 1 aromatic heterocycles. The van der Waals surface area contributed by atoms with E-state index in [1.165, 1.54) is 6.92 Å². The first-order chi connectivity index (χ1) is 13.7. The summed E-state index contributed by atoms with van der Waals surface area (Å²) in [6, 6.07) is 6.40. The van der Waals surface area contributed by atoms with Gasteiger partial charge in [-0.2, -0.15) is 0 Å². The number of carboxylic acids is 1. The number of hydrogen-bond donors (Lipinski definition) is 6. The van der Waals surface area contributed by atoms with Gasteiger partial charge in [-0.15, -0.1) is 10.2 Å². The topological polar surface area (TPSA) is 207 Å². The Morgan fingerprint density at radius 2 is 1.83 bits per heavy atom. The van der Waals surface area contributed by atoms with Gasteiger partial charge in [0.2, 0.25) is 17.7 Å². The maximum Gasteiger partial charge on any atom is 0.326 e. The Morgan fingerprint density at radius 3 is 2.38 bits per heavy atom. The van der Waals surface area contributed by atoms with Gasteiger partial charge in [-0.05, 0) is 5.56 Å². The van der Waals surface area contributed by atoms with Crippen LogP contribution in [0.1, 0.15) is 30.3 Å². The van der Waals surface area contributed by atoms with Crippen molar-refractivity contribution in [3.05, 3.63) is 47.7 Å². The molecular formula is C17H24N6O6. The summed E-state index contributed by atoms with van der Waals surface area (Å²) in [7, 11) is 0. The number of nitrogens with two attached hydrogens (primary N) is 2. The van der Waals surface area contributed by atoms with Crippen LogP contribution in [-0.4, -0.2) is 51.0 Å². The number of aromatic nitrogens is 2. The minimum atomic E-state index is -1.15. The molecule has 0 spiro atoms. The quantitative estimate of drug-likeness (QED) is 0.318. The summed E-state index contributed by atoms with van der Waals surface area (Å²) in [4.78, 5) is 32.4. The zero-order chi connectivity index (χ0) is 21.8. The standard InChI is InChI=1S/C15H19N5O5.C2H5NO/c16-10(8-21)13-20-19-12(25-13)7-17-15(24)18-11(14(22)23)6-9-4-2-1-3-5-9;1-2(3)4/h1-5,10-11,21H,6-8,16H2,(H,22,23)(H2,17,18,24);1H3,(H2,3,4). The van der Waals surface area contributed by atoms with Gasteiger partial charge in [0.15, 0.2) is 0 Å². The lowest BCUT2D eigenvalue weighted by atomic mass is 10.1. The third kappa shape index (κ3) is 9.30. The minimum absolute atomic E-state index is 0.0483. The van der Waals surface area contributed by atoms with Crippen LogP contribution in [0.25, 0.3) is 0 Å². The number of carboxylic acid groups (broad SMARTS) is 1. The van der Waals surface area contributed by atoms with E-state index in [1.54, 1.807) is 24.3 Å². The van der Waals surface area contributed by atoms with Gasteiger partial charge in [0, 0.05) is 13.3 Å². The van der Waals surface area contributed by atoms with Crippen molar-refractivity contribution < 1.29 is 29.0 Å². The molecule has 2 unspecified atom stereocenters. The van der Waals surface area contributed by atoms with E-state index in [4.69, 9.17) is 15.3 Å². The number of aliphatic hydroxyl groups is 1. The normalized spacial score (nSPS) is 12.1. The highest BCUT2D eigenvalue weighted by atomic mass is 16.4. The smallest absolute Gasteiger partial charge is 0.326 e. The van der Waals surface area contributed by atoms with E-state index in [0.717, 1.165) is 5.56 Å². The van der Waals surface area contributed by atoms with E-state index in [1.807, 2.05) is 6.07 Å². The molecule has 0 aliphatic heterocycles. The highest BCUT2D eigenvalue weighted by molar-refractivity contribution is 5.82. The molecule has 0 radical (unpaired) electrons. The number of nitrogens with zero attached hydrogens (tertiary/aromatic N) is 2. The van der Waals surface area contributed by atoms with Crippen LogP contribution >= 0.6 is 0 Å². The van der Waals surface area contributed by atoms with Crippen molar-refractivity contribution in [1.82, 2.24) is 20.8 Å². The summed E-state index contributed by atoms with van der Waals surface area (Å²) in [5.74, 6) is -1.34. The Kier molecular flexibility index (Phi) is 9.78. The number of hydrogen-bond acceptors (Lipinski definition) is 8. The fourth-order valence-corrected chi connectivity index (χ4v) is 1.98. The third-order valence-corrected chi connectivity index (χ3v) is 3.28. The number of benzene rings is 1. The Balaban J connectivity index is 0.000000960. The van der Waals surface area contributed by atoms with Gasteiger partial charge in [-0.1, -0.05) is 30.3 Å². The van der Waals surface area contributed by atoms with Gasteiger partial charge in [0.05, 0.1) is 13.2 Å². The molecule has 0 aliphatic carbocycles. The summed E-state index contributed by atoms with van der Waals surface area (Å²) in [5, 5.41) is 30.3. The van der Waals surface area contributed by atoms with E-state index in [-0.39, 0.29) is 37.3 Å². The molecule has 1 aromatic carbocycles. The van der Waals surface area contributed by atoms with Crippen LogP contribution in [0, 0.1) is 0 Å². The first-order valence-electron chi connectivity index (χ1n) is 8.48. The first kappa shape index (κ1) is 23.5. The van der Waals surface area contributed by atoms with Gasteiger partial charge < -0.3 is 36.7 Å². The van der Waals surface area contributed by atoms with Crippen molar-refractivity contribution in [2.24, 2.45) is 11.5 Å². The van der Waals surface area contributed by atoms with E-state index < -0.39 is 24.1 Å². The fraction of sp³-hybridized carbons (Fsp3) is 0.353. The molecule has 2 atom stereocenters. The number of aliphatic carboxylic acids is 1. The van der Waals surface area contributed by atoms with E-state index in [0.29, 0.717) is 0 Å². The molecule has 12 heteroatoms. The molecule has 8 N–H and O–H groups in total. The summed E-state index contributed by atoms with van der Waals surface area (Å²) >= 11 is 0. The fourth-order valence-electron chi connectivity index (χ4n) is 1.98. The Labute approximate surface area is 166 Å². The first-order valence-corrected chi connectivity index (χ1v) is 8.48. The maximum atomic E-state index is 11.9. The maximum absolute atomic E-state index is 11.9. The monoisotopic (exact) mass is 408 g/mol. The van der Waals surface area contributed by atoms with Gasteiger partial charge in [-0.25, -0.2) is 9.59 Å². The van der Waals surface area contributed by atoms with Crippen molar-refractivity contribution in [1.29, 1.82) is 0 Å². The third-order valence-electron chi connectivity index (χ3n) is 3.28. The summed E-state index contributed by atoms with van der Waals surface area (Å²) in [6.45, 7) is 0.851. The second-order valence-corrected chi connectivity index (χ2v) is 5.84. The lowest BCUT2D eigenvalue weighted by Crippen LogP contribution is -2.46. The Morgan fingerprint density at radius 1 is 1.21 bits per heavy atom. The second-order valence-electron chi connectivity index (χ2n) is 5.84. The molecule has 2 rings (SSSR count). The highest BCUT2D eigenvalue weighted by Gasteiger charge is 2.21. The lowest BCUT2D eigenvalue weighted by Gasteiger charge is -2.14. The zero-order valence-corrected chi connectivity index (χ0v) is 15.7.